The van der Waals surface area contributed by atoms with Crippen molar-refractivity contribution in [1.82, 2.24) is 5.32 Å². The maximum absolute atomic E-state index is 11.9. The highest BCUT2D eigenvalue weighted by molar-refractivity contribution is 8.15. The van der Waals surface area contributed by atoms with E-state index in [1.165, 1.54) is 17.3 Å². The van der Waals surface area contributed by atoms with Gasteiger partial charge in [0.05, 0.1) is 5.25 Å². The van der Waals surface area contributed by atoms with Crippen LogP contribution in [0.2, 0.25) is 0 Å². The van der Waals surface area contributed by atoms with E-state index in [4.69, 9.17) is 4.74 Å². The van der Waals surface area contributed by atoms with Crippen molar-refractivity contribution in [3.05, 3.63) is 65.7 Å². The van der Waals surface area contributed by atoms with E-state index in [2.05, 4.69) is 48.4 Å². The number of amidine groups is 1. The summed E-state index contributed by atoms with van der Waals surface area (Å²) in [5, 5.41) is 11.9. The molecule has 2 aromatic rings. The molecule has 2 aromatic carbocycles. The summed E-state index contributed by atoms with van der Waals surface area (Å²) in [5.74, 6) is 0.761. The Bertz CT molecular complexity index is 900. The van der Waals surface area contributed by atoms with Gasteiger partial charge in [0.15, 0.2) is 5.17 Å². The molecule has 1 unspecified atom stereocenters. The molecule has 1 amide bonds. The lowest BCUT2D eigenvalue weighted by molar-refractivity contribution is -0.118. The van der Waals surface area contributed by atoms with Crippen molar-refractivity contribution in [1.29, 1.82) is 0 Å². The molecule has 0 aromatic heterocycles. The molecule has 1 atom stereocenters. The monoisotopic (exact) mass is 409 g/mol. The summed E-state index contributed by atoms with van der Waals surface area (Å²) in [6.07, 6.45) is 0.761. The van der Waals surface area contributed by atoms with Crippen molar-refractivity contribution < 1.29 is 9.53 Å². The molecular formula is C23H27N3O2S. The first-order valence-electron chi connectivity index (χ1n) is 9.77. The Morgan fingerprint density at radius 2 is 1.79 bits per heavy atom. The Balaban J connectivity index is 1.84. The molecule has 0 aliphatic carbocycles. The minimum atomic E-state index is -0.0981. The highest BCUT2D eigenvalue weighted by Crippen LogP contribution is 2.24. The van der Waals surface area contributed by atoms with Crippen molar-refractivity contribution in [2.24, 2.45) is 10.2 Å². The van der Waals surface area contributed by atoms with Gasteiger partial charge in [-0.15, -0.1) is 10.2 Å². The molecule has 1 heterocycles. The van der Waals surface area contributed by atoms with Crippen LogP contribution in [0.5, 0.6) is 5.75 Å². The molecule has 1 aliphatic rings. The third-order valence-electron chi connectivity index (χ3n) is 4.61. The summed E-state index contributed by atoms with van der Waals surface area (Å²) in [7, 11) is 0. The molecule has 6 heteroatoms. The Morgan fingerprint density at radius 1 is 1.10 bits per heavy atom. The van der Waals surface area contributed by atoms with Crippen LogP contribution in [0.15, 0.2) is 64.8 Å². The third-order valence-corrected chi connectivity index (χ3v) is 5.85. The molecule has 1 saturated heterocycles. The molecule has 0 spiro atoms. The Hall–Kier alpha value is -2.60. The second-order valence-corrected chi connectivity index (χ2v) is 9.08. The van der Waals surface area contributed by atoms with Crippen LogP contribution in [0, 0.1) is 0 Å². The van der Waals surface area contributed by atoms with Crippen LogP contribution < -0.4 is 10.1 Å². The average molecular weight is 410 g/mol. The average Bonchev–Trinajstić information content (AvgIpc) is 3.08. The van der Waals surface area contributed by atoms with Crippen LogP contribution in [0.1, 0.15) is 45.2 Å². The van der Waals surface area contributed by atoms with Crippen LogP contribution in [-0.4, -0.2) is 28.6 Å². The molecule has 5 nitrogen and oxygen atoms in total. The zero-order valence-electron chi connectivity index (χ0n) is 17.3. The highest BCUT2D eigenvalue weighted by Gasteiger charge is 2.28. The first-order chi connectivity index (χ1) is 13.9. The van der Waals surface area contributed by atoms with Gasteiger partial charge in [-0.1, -0.05) is 81.9 Å². The first-order valence-corrected chi connectivity index (χ1v) is 10.7. The molecule has 0 bridgehead atoms. The van der Waals surface area contributed by atoms with Crippen LogP contribution in [-0.2, 0) is 10.2 Å². The Kier molecular flexibility index (Phi) is 6.75. The minimum Gasteiger partial charge on any atom is -0.487 e. The SMILES string of the molecule is CCC1S/C(=N\N=C(/COc2ccccc2)c2ccc(C(C)(C)C)cc2)NC1=O. The van der Waals surface area contributed by atoms with Crippen LogP contribution in [0.3, 0.4) is 0 Å². The molecule has 152 valence electrons. The standard InChI is InChI=1S/C23H27N3O2S/c1-5-20-21(27)24-22(29-20)26-25-19(15-28-18-9-7-6-8-10-18)16-11-13-17(14-12-16)23(2,3)4/h6-14,20H,5,15H2,1-4H3,(H,24,26,27)/b25-19+. The van der Waals surface area contributed by atoms with Crippen molar-refractivity contribution in [2.75, 3.05) is 6.61 Å². The Labute approximate surface area is 176 Å². The first kappa shape index (κ1) is 21.1. The molecule has 3 rings (SSSR count). The van der Waals surface area contributed by atoms with Crippen molar-refractivity contribution >= 4 is 28.5 Å². The number of hydrogen-bond acceptors (Lipinski definition) is 5. The van der Waals surface area contributed by atoms with Crippen molar-refractivity contribution in [3.8, 4) is 5.75 Å². The number of rotatable bonds is 6. The molecular weight excluding hydrogens is 382 g/mol. The van der Waals surface area contributed by atoms with Crippen molar-refractivity contribution in [3.63, 3.8) is 0 Å². The van der Waals surface area contributed by atoms with E-state index in [0.29, 0.717) is 10.9 Å². The number of nitrogens with zero attached hydrogens (tertiary/aromatic N) is 2. The number of carbonyl (C=O) groups excluding carboxylic acids is 1. The van der Waals surface area contributed by atoms with E-state index < -0.39 is 0 Å². The third kappa shape index (κ3) is 5.70. The van der Waals surface area contributed by atoms with E-state index in [1.807, 2.05) is 49.4 Å². The second kappa shape index (κ2) is 9.27. The largest absolute Gasteiger partial charge is 0.487 e. The van der Waals surface area contributed by atoms with Crippen molar-refractivity contribution in [2.45, 2.75) is 44.8 Å². The van der Waals surface area contributed by atoms with Gasteiger partial charge in [-0.3, -0.25) is 4.79 Å². The number of ether oxygens (including phenoxy) is 1. The number of benzene rings is 2. The number of para-hydroxylation sites is 1. The minimum absolute atomic E-state index is 0.0111. The van der Waals surface area contributed by atoms with Gasteiger partial charge in [-0.2, -0.15) is 0 Å². The topological polar surface area (TPSA) is 63.1 Å². The lowest BCUT2D eigenvalue weighted by Crippen LogP contribution is -2.24. The zero-order chi connectivity index (χ0) is 20.9. The van der Waals surface area contributed by atoms with Gasteiger partial charge in [-0.25, -0.2) is 0 Å². The summed E-state index contributed by atoms with van der Waals surface area (Å²) in [6.45, 7) is 8.83. The smallest absolute Gasteiger partial charge is 0.239 e. The predicted molar refractivity (Wildman–Crippen MR) is 121 cm³/mol. The van der Waals surface area contributed by atoms with Crippen LogP contribution in [0.25, 0.3) is 0 Å². The fourth-order valence-electron chi connectivity index (χ4n) is 2.83. The summed E-state index contributed by atoms with van der Waals surface area (Å²) >= 11 is 1.42. The lowest BCUT2D eigenvalue weighted by Gasteiger charge is -2.19. The molecule has 1 fully saturated rings. The summed E-state index contributed by atoms with van der Waals surface area (Å²) in [6, 6.07) is 17.9. The van der Waals surface area contributed by atoms with Crippen LogP contribution >= 0.6 is 11.8 Å². The number of thioether (sulfide) groups is 1. The van der Waals surface area contributed by atoms with Gasteiger partial charge < -0.3 is 10.1 Å². The van der Waals surface area contributed by atoms with E-state index in [-0.39, 0.29) is 23.2 Å². The van der Waals surface area contributed by atoms with Gasteiger partial charge >= 0.3 is 0 Å². The molecule has 29 heavy (non-hydrogen) atoms. The maximum atomic E-state index is 11.9. The van der Waals surface area contributed by atoms with Gasteiger partial charge in [0.25, 0.3) is 0 Å². The normalized spacial score (nSPS) is 18.8. The molecule has 1 aliphatic heterocycles. The summed E-state index contributed by atoms with van der Waals surface area (Å²) < 4.78 is 5.90. The van der Waals surface area contributed by atoms with Gasteiger partial charge in [-0.05, 0) is 29.5 Å². The van der Waals surface area contributed by atoms with Gasteiger partial charge in [0.1, 0.15) is 18.1 Å². The number of hydrogen-bond donors (Lipinski definition) is 1. The second-order valence-electron chi connectivity index (χ2n) is 7.88. The van der Waals surface area contributed by atoms with Crippen LogP contribution in [0.4, 0.5) is 0 Å². The highest BCUT2D eigenvalue weighted by atomic mass is 32.2. The summed E-state index contributed by atoms with van der Waals surface area (Å²) in [5.41, 5.74) is 2.98. The number of nitrogens with one attached hydrogen (secondary N) is 1. The van der Waals surface area contributed by atoms with Gasteiger partial charge in [0.2, 0.25) is 5.91 Å². The molecule has 0 saturated carbocycles. The van der Waals surface area contributed by atoms with Gasteiger partial charge in [0, 0.05) is 5.56 Å². The Morgan fingerprint density at radius 3 is 2.38 bits per heavy atom. The quantitative estimate of drug-likeness (QED) is 0.552. The summed E-state index contributed by atoms with van der Waals surface area (Å²) in [4.78, 5) is 11.9. The predicted octanol–water partition coefficient (Wildman–Crippen LogP) is 4.76. The molecule has 1 N–H and O–H groups in total. The maximum Gasteiger partial charge on any atom is 0.239 e. The zero-order valence-corrected chi connectivity index (χ0v) is 18.1. The van der Waals surface area contributed by atoms with E-state index in [1.54, 1.807) is 0 Å². The molecule has 0 radical (unpaired) electrons. The fraction of sp³-hybridized carbons (Fsp3) is 0.348. The lowest BCUT2D eigenvalue weighted by atomic mass is 9.86. The van der Waals surface area contributed by atoms with E-state index >= 15 is 0 Å². The number of amides is 1. The number of carbonyl (C=O) groups is 1. The van der Waals surface area contributed by atoms with E-state index in [0.717, 1.165) is 17.7 Å². The van der Waals surface area contributed by atoms with E-state index in [9.17, 15) is 4.79 Å². The fourth-order valence-corrected chi connectivity index (χ4v) is 3.68.